The van der Waals surface area contributed by atoms with Crippen molar-refractivity contribution in [1.82, 2.24) is 5.32 Å². The Hall–Kier alpha value is -2.33. The van der Waals surface area contributed by atoms with Crippen LogP contribution < -0.4 is 10.6 Å². The molecule has 114 valence electrons. The van der Waals surface area contributed by atoms with Crippen LogP contribution in [0.5, 0.6) is 0 Å². The second-order valence-electron chi connectivity index (χ2n) is 5.04. The van der Waals surface area contributed by atoms with Gasteiger partial charge in [0, 0.05) is 16.3 Å². The molecule has 0 bridgehead atoms. The summed E-state index contributed by atoms with van der Waals surface area (Å²) < 4.78 is 0. The molecule has 2 aromatic rings. The minimum Gasteiger partial charge on any atom is -0.343 e. The molecule has 0 spiro atoms. The number of carbonyl (C=O) groups is 2. The van der Waals surface area contributed by atoms with Crippen molar-refractivity contribution in [2.24, 2.45) is 0 Å². The minimum atomic E-state index is -0.313. The Kier molecular flexibility index (Phi) is 5.17. The lowest BCUT2D eigenvalue weighted by molar-refractivity contribution is -0.115. The molecule has 0 atom stereocenters. The van der Waals surface area contributed by atoms with Gasteiger partial charge in [0.05, 0.1) is 6.54 Å². The van der Waals surface area contributed by atoms with Crippen molar-refractivity contribution >= 4 is 29.1 Å². The van der Waals surface area contributed by atoms with Crippen LogP contribution in [-0.2, 0) is 4.79 Å². The van der Waals surface area contributed by atoms with E-state index in [1.165, 1.54) is 0 Å². The van der Waals surface area contributed by atoms with E-state index >= 15 is 0 Å². The molecule has 2 rings (SSSR count). The van der Waals surface area contributed by atoms with Crippen LogP contribution in [0.3, 0.4) is 0 Å². The van der Waals surface area contributed by atoms with Crippen molar-refractivity contribution in [2.75, 3.05) is 11.9 Å². The number of anilines is 1. The summed E-state index contributed by atoms with van der Waals surface area (Å²) in [4.78, 5) is 23.7. The molecule has 4 nitrogen and oxygen atoms in total. The number of amides is 2. The molecule has 2 aromatic carbocycles. The first kappa shape index (κ1) is 16.0. The Labute approximate surface area is 134 Å². The highest BCUT2D eigenvalue weighted by molar-refractivity contribution is 6.30. The van der Waals surface area contributed by atoms with Gasteiger partial charge in [0.1, 0.15) is 0 Å². The average Bonchev–Trinajstić information content (AvgIpc) is 2.49. The Morgan fingerprint density at radius 1 is 1.00 bits per heavy atom. The SMILES string of the molecule is Cc1ccc(NC(=O)CNC(=O)c2ccc(Cl)cc2)cc1C. The van der Waals surface area contributed by atoms with E-state index in [1.54, 1.807) is 24.3 Å². The first-order valence-electron chi connectivity index (χ1n) is 6.86. The quantitative estimate of drug-likeness (QED) is 0.909. The highest BCUT2D eigenvalue weighted by Crippen LogP contribution is 2.14. The number of hydrogen-bond acceptors (Lipinski definition) is 2. The van der Waals surface area contributed by atoms with Gasteiger partial charge in [-0.15, -0.1) is 0 Å². The second-order valence-corrected chi connectivity index (χ2v) is 5.47. The third-order valence-electron chi connectivity index (χ3n) is 3.31. The summed E-state index contributed by atoms with van der Waals surface area (Å²) in [5.74, 6) is -0.586. The summed E-state index contributed by atoms with van der Waals surface area (Å²) >= 11 is 5.76. The minimum absolute atomic E-state index is 0.0889. The maximum absolute atomic E-state index is 11.9. The van der Waals surface area contributed by atoms with Crippen LogP contribution in [0.1, 0.15) is 21.5 Å². The molecule has 2 amide bonds. The van der Waals surface area contributed by atoms with Gasteiger partial charge in [-0.05, 0) is 61.4 Å². The summed E-state index contributed by atoms with van der Waals surface area (Å²) in [7, 11) is 0. The molecule has 0 aromatic heterocycles. The summed E-state index contributed by atoms with van der Waals surface area (Å²) in [6.07, 6.45) is 0. The van der Waals surface area contributed by atoms with Gasteiger partial charge in [0.15, 0.2) is 0 Å². The average molecular weight is 317 g/mol. The van der Waals surface area contributed by atoms with Crippen molar-refractivity contribution < 1.29 is 9.59 Å². The molecule has 0 unspecified atom stereocenters. The van der Waals surface area contributed by atoms with Crippen LogP contribution in [0.15, 0.2) is 42.5 Å². The molecule has 0 aliphatic heterocycles. The van der Waals surface area contributed by atoms with Crippen LogP contribution in [0.25, 0.3) is 0 Å². The Morgan fingerprint density at radius 2 is 1.68 bits per heavy atom. The van der Waals surface area contributed by atoms with Gasteiger partial charge in [-0.1, -0.05) is 17.7 Å². The lowest BCUT2D eigenvalue weighted by Gasteiger charge is -2.09. The monoisotopic (exact) mass is 316 g/mol. The van der Waals surface area contributed by atoms with E-state index in [0.29, 0.717) is 16.3 Å². The van der Waals surface area contributed by atoms with Gasteiger partial charge >= 0.3 is 0 Å². The molecule has 0 radical (unpaired) electrons. The predicted octanol–water partition coefficient (Wildman–Crippen LogP) is 3.33. The molecule has 0 heterocycles. The zero-order valence-corrected chi connectivity index (χ0v) is 13.2. The number of aryl methyl sites for hydroxylation is 2. The first-order chi connectivity index (χ1) is 10.5. The van der Waals surface area contributed by atoms with Gasteiger partial charge in [0.2, 0.25) is 5.91 Å². The van der Waals surface area contributed by atoms with Crippen LogP contribution >= 0.6 is 11.6 Å². The fourth-order valence-corrected chi connectivity index (χ4v) is 2.01. The topological polar surface area (TPSA) is 58.2 Å². The Bertz CT molecular complexity index is 696. The summed E-state index contributed by atoms with van der Waals surface area (Å²) in [6.45, 7) is 3.90. The molecule has 0 aliphatic carbocycles. The van der Waals surface area contributed by atoms with Gasteiger partial charge in [0.25, 0.3) is 5.91 Å². The fraction of sp³-hybridized carbons (Fsp3) is 0.176. The summed E-state index contributed by atoms with van der Waals surface area (Å²) in [5, 5.41) is 5.88. The van der Waals surface area contributed by atoms with E-state index in [0.717, 1.165) is 11.1 Å². The van der Waals surface area contributed by atoms with Gasteiger partial charge in [-0.2, -0.15) is 0 Å². The van der Waals surface area contributed by atoms with E-state index in [2.05, 4.69) is 10.6 Å². The number of nitrogens with one attached hydrogen (secondary N) is 2. The normalized spacial score (nSPS) is 10.1. The Balaban J connectivity index is 1.88. The van der Waals surface area contributed by atoms with Crippen molar-refractivity contribution in [3.8, 4) is 0 Å². The highest BCUT2D eigenvalue weighted by atomic mass is 35.5. The van der Waals surface area contributed by atoms with E-state index in [-0.39, 0.29) is 18.4 Å². The van der Waals surface area contributed by atoms with Crippen LogP contribution in [-0.4, -0.2) is 18.4 Å². The maximum Gasteiger partial charge on any atom is 0.251 e. The molecule has 0 saturated heterocycles. The third kappa shape index (κ3) is 4.33. The van der Waals surface area contributed by atoms with Gasteiger partial charge < -0.3 is 10.6 Å². The summed E-state index contributed by atoms with van der Waals surface area (Å²) in [6, 6.07) is 12.2. The zero-order chi connectivity index (χ0) is 16.1. The first-order valence-corrected chi connectivity index (χ1v) is 7.24. The van der Waals surface area contributed by atoms with Crippen molar-refractivity contribution in [3.05, 3.63) is 64.2 Å². The zero-order valence-electron chi connectivity index (χ0n) is 12.4. The highest BCUT2D eigenvalue weighted by Gasteiger charge is 2.08. The molecule has 22 heavy (non-hydrogen) atoms. The molecule has 2 N–H and O–H groups in total. The van der Waals surface area contributed by atoms with Crippen molar-refractivity contribution in [2.45, 2.75) is 13.8 Å². The maximum atomic E-state index is 11.9. The lowest BCUT2D eigenvalue weighted by Crippen LogP contribution is -2.32. The van der Waals surface area contributed by atoms with Crippen molar-refractivity contribution in [1.29, 1.82) is 0 Å². The molecule has 0 fully saturated rings. The van der Waals surface area contributed by atoms with Crippen LogP contribution in [0.4, 0.5) is 5.69 Å². The lowest BCUT2D eigenvalue weighted by atomic mass is 10.1. The number of benzene rings is 2. The summed E-state index contributed by atoms with van der Waals surface area (Å²) in [5.41, 5.74) is 3.44. The molecule has 0 saturated carbocycles. The third-order valence-corrected chi connectivity index (χ3v) is 3.56. The predicted molar refractivity (Wildman–Crippen MR) is 88.3 cm³/mol. The molecular formula is C17H17ClN2O2. The van der Waals surface area contributed by atoms with Crippen molar-refractivity contribution in [3.63, 3.8) is 0 Å². The van der Waals surface area contributed by atoms with E-state index in [4.69, 9.17) is 11.6 Å². The largest absolute Gasteiger partial charge is 0.343 e. The van der Waals surface area contributed by atoms with Crippen LogP contribution in [0, 0.1) is 13.8 Å². The van der Waals surface area contributed by atoms with Gasteiger partial charge in [-0.25, -0.2) is 0 Å². The number of rotatable bonds is 4. The Morgan fingerprint density at radius 3 is 2.32 bits per heavy atom. The number of halogens is 1. The number of hydrogen-bond donors (Lipinski definition) is 2. The van der Waals surface area contributed by atoms with E-state index < -0.39 is 0 Å². The molecule has 0 aliphatic rings. The molecule has 5 heteroatoms. The number of carbonyl (C=O) groups excluding carboxylic acids is 2. The van der Waals surface area contributed by atoms with Gasteiger partial charge in [-0.3, -0.25) is 9.59 Å². The second kappa shape index (κ2) is 7.09. The fourth-order valence-electron chi connectivity index (χ4n) is 1.89. The standard InChI is InChI=1S/C17H17ClN2O2/c1-11-3-8-15(9-12(11)2)20-16(21)10-19-17(22)13-4-6-14(18)7-5-13/h3-9H,10H2,1-2H3,(H,19,22)(H,20,21). The van der Waals surface area contributed by atoms with E-state index in [1.807, 2.05) is 32.0 Å². The molecular weight excluding hydrogens is 300 g/mol. The van der Waals surface area contributed by atoms with E-state index in [9.17, 15) is 9.59 Å². The smallest absolute Gasteiger partial charge is 0.251 e. The van der Waals surface area contributed by atoms with Crippen LogP contribution in [0.2, 0.25) is 5.02 Å².